The molecule has 0 fully saturated rings. The summed E-state index contributed by atoms with van der Waals surface area (Å²) in [6.07, 6.45) is 0. The Morgan fingerprint density at radius 3 is 2.25 bits per heavy atom. The minimum Gasteiger partial charge on any atom is -0.288 e. The Kier molecular flexibility index (Phi) is 5.27. The number of hydroxylamine groups is 1. The Labute approximate surface area is 137 Å². The second-order valence-electron chi connectivity index (χ2n) is 4.98. The van der Waals surface area contributed by atoms with Crippen LogP contribution in [0.5, 0.6) is 0 Å². The minimum atomic E-state index is -4.05. The lowest BCUT2D eigenvalue weighted by Gasteiger charge is -2.15. The number of rotatable bonds is 5. The van der Waals surface area contributed by atoms with E-state index in [1.807, 2.05) is 0 Å². The van der Waals surface area contributed by atoms with Crippen LogP contribution in [0.25, 0.3) is 0 Å². The number of benzene rings is 2. The molecule has 0 aliphatic carbocycles. The molecule has 0 aromatic heterocycles. The summed E-state index contributed by atoms with van der Waals surface area (Å²) in [6.45, 7) is 1.55. The standard InChI is InChI=1S/C15H14F2N2O4S/c1-9(10-2-4-11(5-3-10)15(20)18-21)19-24(22,23)12-6-7-13(16)14(17)8-12/h2-9,19,21H,1H3,(H,18,20). The van der Waals surface area contributed by atoms with Crippen LogP contribution in [0.1, 0.15) is 28.9 Å². The first-order valence-corrected chi connectivity index (χ1v) is 8.24. The zero-order valence-electron chi connectivity index (χ0n) is 12.5. The van der Waals surface area contributed by atoms with Crippen molar-refractivity contribution in [3.63, 3.8) is 0 Å². The van der Waals surface area contributed by atoms with Crippen molar-refractivity contribution in [2.24, 2.45) is 0 Å². The summed E-state index contributed by atoms with van der Waals surface area (Å²) in [5.74, 6) is -3.10. The van der Waals surface area contributed by atoms with E-state index in [0.29, 0.717) is 11.6 Å². The molecule has 0 saturated carbocycles. The SMILES string of the molecule is CC(NS(=O)(=O)c1ccc(F)c(F)c1)c1ccc(C(=O)NO)cc1. The van der Waals surface area contributed by atoms with E-state index in [4.69, 9.17) is 5.21 Å². The highest BCUT2D eigenvalue weighted by atomic mass is 32.2. The van der Waals surface area contributed by atoms with Crippen LogP contribution in [0, 0.1) is 11.6 Å². The molecule has 0 bridgehead atoms. The third-order valence-corrected chi connectivity index (χ3v) is 4.85. The summed E-state index contributed by atoms with van der Waals surface area (Å²) in [7, 11) is -4.05. The first kappa shape index (κ1) is 18.0. The van der Waals surface area contributed by atoms with E-state index >= 15 is 0 Å². The maximum Gasteiger partial charge on any atom is 0.274 e. The highest BCUT2D eigenvalue weighted by Gasteiger charge is 2.20. The number of halogens is 2. The number of sulfonamides is 1. The van der Waals surface area contributed by atoms with Crippen molar-refractivity contribution < 1.29 is 27.2 Å². The molecule has 1 atom stereocenters. The number of amides is 1. The summed E-state index contributed by atoms with van der Waals surface area (Å²) in [4.78, 5) is 10.8. The van der Waals surface area contributed by atoms with Crippen LogP contribution in [0.4, 0.5) is 8.78 Å². The zero-order valence-corrected chi connectivity index (χ0v) is 13.3. The molecule has 2 aromatic rings. The molecule has 2 aromatic carbocycles. The zero-order chi connectivity index (χ0) is 17.9. The van der Waals surface area contributed by atoms with E-state index < -0.39 is 38.5 Å². The average molecular weight is 356 g/mol. The molecule has 0 aliphatic heterocycles. The maximum atomic E-state index is 13.2. The Balaban J connectivity index is 2.19. The third-order valence-electron chi connectivity index (χ3n) is 3.31. The van der Waals surface area contributed by atoms with Gasteiger partial charge in [0.05, 0.1) is 4.90 Å². The Hall–Kier alpha value is -2.36. The van der Waals surface area contributed by atoms with Gasteiger partial charge in [0.2, 0.25) is 10.0 Å². The molecule has 0 spiro atoms. The summed E-state index contributed by atoms with van der Waals surface area (Å²) in [5.41, 5.74) is 2.21. The predicted molar refractivity (Wildman–Crippen MR) is 80.8 cm³/mol. The highest BCUT2D eigenvalue weighted by Crippen LogP contribution is 2.19. The number of hydrogen-bond acceptors (Lipinski definition) is 4. The Morgan fingerprint density at radius 1 is 1.08 bits per heavy atom. The predicted octanol–water partition coefficient (Wildman–Crippen LogP) is 2.12. The quantitative estimate of drug-likeness (QED) is 0.565. The lowest BCUT2D eigenvalue weighted by molar-refractivity contribution is 0.0706. The summed E-state index contributed by atoms with van der Waals surface area (Å²) in [6, 6.07) is 7.42. The smallest absolute Gasteiger partial charge is 0.274 e. The monoisotopic (exact) mass is 356 g/mol. The molecule has 2 rings (SSSR count). The molecule has 128 valence electrons. The largest absolute Gasteiger partial charge is 0.288 e. The van der Waals surface area contributed by atoms with Crippen LogP contribution in [0.2, 0.25) is 0 Å². The van der Waals surface area contributed by atoms with Crippen molar-refractivity contribution in [2.75, 3.05) is 0 Å². The van der Waals surface area contributed by atoms with Crippen molar-refractivity contribution in [2.45, 2.75) is 17.9 Å². The van der Waals surface area contributed by atoms with Gasteiger partial charge in [0, 0.05) is 11.6 Å². The number of hydrogen-bond donors (Lipinski definition) is 3. The van der Waals surface area contributed by atoms with Crippen molar-refractivity contribution >= 4 is 15.9 Å². The van der Waals surface area contributed by atoms with Gasteiger partial charge >= 0.3 is 0 Å². The van der Waals surface area contributed by atoms with Gasteiger partial charge in [-0.05, 0) is 42.8 Å². The van der Waals surface area contributed by atoms with E-state index in [-0.39, 0.29) is 5.56 Å². The van der Waals surface area contributed by atoms with Crippen molar-refractivity contribution in [1.82, 2.24) is 10.2 Å². The van der Waals surface area contributed by atoms with Gasteiger partial charge in [-0.15, -0.1) is 0 Å². The van der Waals surface area contributed by atoms with Crippen LogP contribution in [0.15, 0.2) is 47.4 Å². The van der Waals surface area contributed by atoms with Crippen LogP contribution in [-0.2, 0) is 10.0 Å². The fourth-order valence-corrected chi connectivity index (χ4v) is 3.24. The third kappa shape index (κ3) is 3.94. The molecule has 0 radical (unpaired) electrons. The van der Waals surface area contributed by atoms with Gasteiger partial charge in [-0.3, -0.25) is 10.0 Å². The molecule has 3 N–H and O–H groups in total. The summed E-state index contributed by atoms with van der Waals surface area (Å²) < 4.78 is 52.8. The number of carbonyl (C=O) groups excluding carboxylic acids is 1. The second kappa shape index (κ2) is 7.04. The molecule has 9 heteroatoms. The fraction of sp³-hybridized carbons (Fsp3) is 0.133. The maximum absolute atomic E-state index is 13.2. The molecule has 1 amide bonds. The lowest BCUT2D eigenvalue weighted by atomic mass is 10.1. The molecular formula is C15H14F2N2O4S. The summed E-state index contributed by atoms with van der Waals surface area (Å²) in [5, 5.41) is 8.54. The van der Waals surface area contributed by atoms with Gasteiger partial charge in [-0.2, -0.15) is 0 Å². The van der Waals surface area contributed by atoms with Crippen LogP contribution >= 0.6 is 0 Å². The van der Waals surface area contributed by atoms with Gasteiger partial charge in [0.1, 0.15) is 0 Å². The molecule has 6 nitrogen and oxygen atoms in total. The molecule has 0 heterocycles. The molecular weight excluding hydrogens is 342 g/mol. The normalized spacial score (nSPS) is 12.7. The van der Waals surface area contributed by atoms with Crippen LogP contribution in [0.3, 0.4) is 0 Å². The molecule has 24 heavy (non-hydrogen) atoms. The van der Waals surface area contributed by atoms with Gasteiger partial charge in [0.25, 0.3) is 5.91 Å². The van der Waals surface area contributed by atoms with Gasteiger partial charge in [-0.1, -0.05) is 12.1 Å². The minimum absolute atomic E-state index is 0.192. The lowest BCUT2D eigenvalue weighted by Crippen LogP contribution is -2.27. The fourth-order valence-electron chi connectivity index (χ4n) is 2.00. The van der Waals surface area contributed by atoms with Crippen molar-refractivity contribution in [3.05, 3.63) is 65.2 Å². The van der Waals surface area contributed by atoms with Gasteiger partial charge < -0.3 is 0 Å². The van der Waals surface area contributed by atoms with Crippen LogP contribution in [-0.4, -0.2) is 19.5 Å². The number of carbonyl (C=O) groups is 1. The molecule has 0 aliphatic rings. The average Bonchev–Trinajstić information content (AvgIpc) is 2.56. The number of nitrogens with one attached hydrogen (secondary N) is 2. The van der Waals surface area contributed by atoms with E-state index in [9.17, 15) is 22.0 Å². The van der Waals surface area contributed by atoms with E-state index in [1.54, 1.807) is 6.92 Å². The van der Waals surface area contributed by atoms with Crippen molar-refractivity contribution in [3.8, 4) is 0 Å². The highest BCUT2D eigenvalue weighted by molar-refractivity contribution is 7.89. The summed E-state index contributed by atoms with van der Waals surface area (Å²) >= 11 is 0. The van der Waals surface area contributed by atoms with Gasteiger partial charge in [0.15, 0.2) is 11.6 Å². The first-order chi connectivity index (χ1) is 11.2. The Morgan fingerprint density at radius 2 is 1.71 bits per heavy atom. The van der Waals surface area contributed by atoms with E-state index in [1.165, 1.54) is 29.7 Å². The molecule has 0 saturated heterocycles. The van der Waals surface area contributed by atoms with E-state index in [0.717, 1.165) is 12.1 Å². The van der Waals surface area contributed by atoms with Crippen LogP contribution < -0.4 is 10.2 Å². The van der Waals surface area contributed by atoms with Crippen molar-refractivity contribution in [1.29, 1.82) is 0 Å². The first-order valence-electron chi connectivity index (χ1n) is 6.76. The second-order valence-corrected chi connectivity index (χ2v) is 6.70. The topological polar surface area (TPSA) is 95.5 Å². The molecule has 1 unspecified atom stereocenters. The van der Waals surface area contributed by atoms with E-state index in [2.05, 4.69) is 4.72 Å². The van der Waals surface area contributed by atoms with Gasteiger partial charge in [-0.25, -0.2) is 27.4 Å². The Bertz CT molecular complexity index is 854.